The highest BCUT2D eigenvalue weighted by Gasteiger charge is 2.00. The first-order valence-electron chi connectivity index (χ1n) is 2.87. The van der Waals surface area contributed by atoms with E-state index < -0.39 is 0 Å². The number of rotatable bonds is 1. The molecule has 1 heteroatoms. The minimum Gasteiger partial charge on any atom is -0.396 e. The fourth-order valence-corrected chi connectivity index (χ4v) is 0.767. The minimum atomic E-state index is 0.279. The number of aliphatic hydroxyl groups excluding tert-OH is 1. The number of hydrogen-bond donors (Lipinski definition) is 1. The fraction of sp³-hybridized carbons (Fsp3) is 0.429. The van der Waals surface area contributed by atoms with E-state index in [1.165, 1.54) is 0 Å². The van der Waals surface area contributed by atoms with Crippen molar-refractivity contribution in [1.29, 1.82) is 0 Å². The van der Waals surface area contributed by atoms with Crippen LogP contribution >= 0.6 is 0 Å². The highest BCUT2D eigenvalue weighted by molar-refractivity contribution is 5.10. The fourth-order valence-electron chi connectivity index (χ4n) is 0.767. The summed E-state index contributed by atoms with van der Waals surface area (Å²) >= 11 is 0. The molecule has 1 rings (SSSR count). The van der Waals surface area contributed by atoms with E-state index in [1.807, 2.05) is 18.2 Å². The SMILES string of the molecule is OC[C@H]1C=CC=CC1. The Morgan fingerprint density at radius 1 is 1.50 bits per heavy atom. The van der Waals surface area contributed by atoms with Crippen molar-refractivity contribution < 1.29 is 5.11 Å². The van der Waals surface area contributed by atoms with Crippen LogP contribution < -0.4 is 0 Å². The van der Waals surface area contributed by atoms with Crippen LogP contribution in [0.15, 0.2) is 24.3 Å². The van der Waals surface area contributed by atoms with Gasteiger partial charge in [-0.25, -0.2) is 0 Å². The predicted molar refractivity (Wildman–Crippen MR) is 33.5 cm³/mol. The second kappa shape index (κ2) is 2.68. The first kappa shape index (κ1) is 5.57. The Kier molecular flexibility index (Phi) is 1.86. The highest BCUT2D eigenvalue weighted by Crippen LogP contribution is 2.08. The van der Waals surface area contributed by atoms with Crippen molar-refractivity contribution in [2.75, 3.05) is 6.61 Å². The summed E-state index contributed by atoms with van der Waals surface area (Å²) in [6, 6.07) is 0. The van der Waals surface area contributed by atoms with Crippen LogP contribution in [0, 0.1) is 5.92 Å². The highest BCUT2D eigenvalue weighted by atomic mass is 16.3. The van der Waals surface area contributed by atoms with Crippen molar-refractivity contribution in [3.05, 3.63) is 24.3 Å². The third-order valence-electron chi connectivity index (χ3n) is 1.30. The lowest BCUT2D eigenvalue weighted by Crippen LogP contribution is -2.01. The molecule has 44 valence electrons. The van der Waals surface area contributed by atoms with Gasteiger partial charge in [-0.05, 0) is 6.42 Å². The van der Waals surface area contributed by atoms with Crippen molar-refractivity contribution in [3.8, 4) is 0 Å². The van der Waals surface area contributed by atoms with Crippen LogP contribution in [0.3, 0.4) is 0 Å². The van der Waals surface area contributed by atoms with Crippen LogP contribution in [-0.2, 0) is 0 Å². The van der Waals surface area contributed by atoms with Crippen molar-refractivity contribution in [1.82, 2.24) is 0 Å². The van der Waals surface area contributed by atoms with Gasteiger partial charge in [0, 0.05) is 12.5 Å². The van der Waals surface area contributed by atoms with E-state index in [4.69, 9.17) is 5.11 Å². The Hall–Kier alpha value is -0.560. The zero-order valence-corrected chi connectivity index (χ0v) is 4.75. The second-order valence-electron chi connectivity index (χ2n) is 1.99. The van der Waals surface area contributed by atoms with Crippen LogP contribution in [0.25, 0.3) is 0 Å². The molecule has 0 aromatic heterocycles. The summed E-state index contributed by atoms with van der Waals surface area (Å²) in [6.45, 7) is 0.279. The van der Waals surface area contributed by atoms with E-state index in [9.17, 15) is 0 Å². The van der Waals surface area contributed by atoms with Crippen LogP contribution in [-0.4, -0.2) is 11.7 Å². The van der Waals surface area contributed by atoms with Crippen LogP contribution in [0.5, 0.6) is 0 Å². The molecule has 1 atom stereocenters. The molecule has 8 heavy (non-hydrogen) atoms. The van der Waals surface area contributed by atoms with Gasteiger partial charge in [0.25, 0.3) is 0 Å². The molecule has 0 saturated carbocycles. The summed E-state index contributed by atoms with van der Waals surface area (Å²) < 4.78 is 0. The van der Waals surface area contributed by atoms with E-state index in [-0.39, 0.29) is 6.61 Å². The molecule has 0 heterocycles. The quantitative estimate of drug-likeness (QED) is 0.536. The standard InChI is InChI=1S/C7H10O/c8-6-7-4-2-1-3-5-7/h1-4,7-8H,5-6H2/t7-/m0/s1. The van der Waals surface area contributed by atoms with Gasteiger partial charge in [0.15, 0.2) is 0 Å². The van der Waals surface area contributed by atoms with E-state index >= 15 is 0 Å². The van der Waals surface area contributed by atoms with Gasteiger partial charge >= 0.3 is 0 Å². The molecule has 1 aliphatic rings. The molecule has 1 aliphatic carbocycles. The first-order chi connectivity index (χ1) is 3.93. The van der Waals surface area contributed by atoms with Crippen molar-refractivity contribution >= 4 is 0 Å². The van der Waals surface area contributed by atoms with Crippen LogP contribution in [0.2, 0.25) is 0 Å². The molecule has 0 unspecified atom stereocenters. The molecule has 0 spiro atoms. The van der Waals surface area contributed by atoms with Gasteiger partial charge in [-0.1, -0.05) is 24.3 Å². The molecule has 0 aromatic carbocycles. The van der Waals surface area contributed by atoms with Gasteiger partial charge in [-0.3, -0.25) is 0 Å². The monoisotopic (exact) mass is 110 g/mol. The van der Waals surface area contributed by atoms with Crippen LogP contribution in [0.1, 0.15) is 6.42 Å². The van der Waals surface area contributed by atoms with E-state index in [0.717, 1.165) is 6.42 Å². The minimum absolute atomic E-state index is 0.279. The van der Waals surface area contributed by atoms with E-state index in [2.05, 4.69) is 6.08 Å². The number of aliphatic hydroxyl groups is 1. The van der Waals surface area contributed by atoms with Gasteiger partial charge in [0.05, 0.1) is 0 Å². The van der Waals surface area contributed by atoms with Gasteiger partial charge in [0.2, 0.25) is 0 Å². The molecule has 0 radical (unpaired) electrons. The average Bonchev–Trinajstić information content (AvgIpc) is 1.90. The summed E-state index contributed by atoms with van der Waals surface area (Å²) in [5, 5.41) is 8.61. The Bertz CT molecular complexity index is 114. The lowest BCUT2D eigenvalue weighted by molar-refractivity contribution is 0.253. The van der Waals surface area contributed by atoms with Crippen LogP contribution in [0.4, 0.5) is 0 Å². The lowest BCUT2D eigenvalue weighted by atomic mass is 10.0. The smallest absolute Gasteiger partial charge is 0.0496 e. The zero-order valence-electron chi connectivity index (χ0n) is 4.75. The molecule has 0 saturated heterocycles. The topological polar surface area (TPSA) is 20.2 Å². The molecule has 0 aromatic rings. The summed E-state index contributed by atoms with van der Waals surface area (Å²) in [4.78, 5) is 0. The maximum atomic E-state index is 8.61. The molecule has 1 N–H and O–H groups in total. The van der Waals surface area contributed by atoms with E-state index in [1.54, 1.807) is 0 Å². The van der Waals surface area contributed by atoms with Crippen molar-refractivity contribution in [3.63, 3.8) is 0 Å². The predicted octanol–water partition coefficient (Wildman–Crippen LogP) is 1.11. The first-order valence-corrected chi connectivity index (χ1v) is 2.87. The third-order valence-corrected chi connectivity index (χ3v) is 1.30. The summed E-state index contributed by atoms with van der Waals surface area (Å²) in [6.07, 6.45) is 9.07. The molecular weight excluding hydrogens is 100 g/mol. The lowest BCUT2D eigenvalue weighted by Gasteiger charge is -2.06. The Morgan fingerprint density at radius 3 is 2.75 bits per heavy atom. The molecule has 0 fully saturated rings. The Balaban J connectivity index is 2.40. The Morgan fingerprint density at radius 2 is 2.38 bits per heavy atom. The normalized spacial score (nSPS) is 26.4. The van der Waals surface area contributed by atoms with Gasteiger partial charge in [-0.15, -0.1) is 0 Å². The largest absolute Gasteiger partial charge is 0.396 e. The molecule has 0 bridgehead atoms. The van der Waals surface area contributed by atoms with E-state index in [0.29, 0.717) is 5.92 Å². The molecule has 0 aliphatic heterocycles. The van der Waals surface area contributed by atoms with Crippen molar-refractivity contribution in [2.24, 2.45) is 5.92 Å². The molecular formula is C7H10O. The maximum Gasteiger partial charge on any atom is 0.0496 e. The Labute approximate surface area is 49.3 Å². The van der Waals surface area contributed by atoms with Gasteiger partial charge in [0.1, 0.15) is 0 Å². The summed E-state index contributed by atoms with van der Waals surface area (Å²) in [7, 11) is 0. The molecule has 0 amide bonds. The number of allylic oxidation sites excluding steroid dienone is 3. The van der Waals surface area contributed by atoms with Gasteiger partial charge < -0.3 is 5.11 Å². The maximum absolute atomic E-state index is 8.61. The average molecular weight is 110 g/mol. The number of hydrogen-bond acceptors (Lipinski definition) is 1. The second-order valence-corrected chi connectivity index (χ2v) is 1.99. The summed E-state index contributed by atoms with van der Waals surface area (Å²) in [5.74, 6) is 0.375. The van der Waals surface area contributed by atoms with Gasteiger partial charge in [-0.2, -0.15) is 0 Å². The molecule has 1 nitrogen and oxygen atoms in total. The van der Waals surface area contributed by atoms with Crippen molar-refractivity contribution in [2.45, 2.75) is 6.42 Å². The summed E-state index contributed by atoms with van der Waals surface area (Å²) in [5.41, 5.74) is 0. The zero-order chi connectivity index (χ0) is 5.82. The third kappa shape index (κ3) is 1.20.